The number of hydrogen-bond acceptors (Lipinski definition) is 2. The highest BCUT2D eigenvalue weighted by molar-refractivity contribution is 5.64. The van der Waals surface area contributed by atoms with Crippen molar-refractivity contribution < 1.29 is 4.42 Å². The maximum atomic E-state index is 5.56. The fourth-order valence-electron chi connectivity index (χ4n) is 2.81. The minimum absolute atomic E-state index is 0.400. The maximum absolute atomic E-state index is 5.56. The second-order valence-corrected chi connectivity index (χ2v) is 5.55. The normalized spacial score (nSPS) is 18.2. The summed E-state index contributed by atoms with van der Waals surface area (Å²) in [6, 6.07) is 10.9. The fourth-order valence-corrected chi connectivity index (χ4v) is 2.81. The van der Waals surface area contributed by atoms with Crippen LogP contribution in [0.5, 0.6) is 0 Å². The van der Waals surface area contributed by atoms with Crippen LogP contribution >= 0.6 is 0 Å². The van der Waals surface area contributed by atoms with Crippen LogP contribution in [0, 0.1) is 0 Å². The average Bonchev–Trinajstić information content (AvgIpc) is 2.98. The van der Waals surface area contributed by atoms with Gasteiger partial charge in [0.25, 0.3) is 0 Å². The van der Waals surface area contributed by atoms with Crippen LogP contribution in [0.4, 0.5) is 0 Å². The van der Waals surface area contributed by atoms with Gasteiger partial charge in [-0.15, -0.1) is 0 Å². The van der Waals surface area contributed by atoms with Gasteiger partial charge in [0.15, 0.2) is 0 Å². The van der Waals surface area contributed by atoms with Crippen LogP contribution in [0.25, 0.3) is 11.3 Å². The van der Waals surface area contributed by atoms with E-state index in [1.807, 2.05) is 37.5 Å². The van der Waals surface area contributed by atoms with Gasteiger partial charge in [-0.3, -0.25) is 4.99 Å². The van der Waals surface area contributed by atoms with Crippen molar-refractivity contribution in [3.8, 4) is 11.3 Å². The van der Waals surface area contributed by atoms with E-state index in [4.69, 9.17) is 4.42 Å². The number of rotatable bonds is 3. The number of fused-ring (bicyclic) bond motifs is 1. The molecule has 3 rings (SSSR count). The Labute approximate surface area is 119 Å². The molecule has 1 aliphatic carbocycles. The maximum Gasteiger partial charge on any atom is 0.134 e. The van der Waals surface area contributed by atoms with Gasteiger partial charge in [0.05, 0.1) is 18.6 Å². The molecule has 20 heavy (non-hydrogen) atoms. The van der Waals surface area contributed by atoms with Gasteiger partial charge in [0.1, 0.15) is 5.76 Å². The smallest absolute Gasteiger partial charge is 0.134 e. The molecular weight excluding hydrogens is 248 g/mol. The van der Waals surface area contributed by atoms with E-state index >= 15 is 0 Å². The number of nitrogens with zero attached hydrogens (tertiary/aromatic N) is 2. The van der Waals surface area contributed by atoms with Crippen LogP contribution in [0.1, 0.15) is 17.5 Å². The van der Waals surface area contributed by atoms with E-state index in [2.05, 4.69) is 23.2 Å². The molecule has 1 atom stereocenters. The highest BCUT2D eigenvalue weighted by Crippen LogP contribution is 2.32. The molecule has 0 radical (unpaired) electrons. The van der Waals surface area contributed by atoms with Crippen molar-refractivity contribution >= 4 is 6.34 Å². The monoisotopic (exact) mass is 268 g/mol. The van der Waals surface area contributed by atoms with E-state index in [0.29, 0.717) is 6.04 Å². The second kappa shape index (κ2) is 5.53. The first-order valence-electron chi connectivity index (χ1n) is 7.08. The largest absolute Gasteiger partial charge is 0.464 e. The third-order valence-electron chi connectivity index (χ3n) is 3.75. The summed E-state index contributed by atoms with van der Waals surface area (Å²) in [4.78, 5) is 6.65. The van der Waals surface area contributed by atoms with Crippen molar-refractivity contribution in [3.63, 3.8) is 0 Å². The predicted molar refractivity (Wildman–Crippen MR) is 82.1 cm³/mol. The number of hydrogen-bond donors (Lipinski definition) is 0. The Kier molecular flexibility index (Phi) is 3.59. The summed E-state index contributed by atoms with van der Waals surface area (Å²) in [6.45, 7) is 0. The zero-order chi connectivity index (χ0) is 13.9. The standard InChI is InChI=1S/C17H20N2O/c1-19(2)12-18-14-8-9-15-13(11-14)5-3-6-16(15)17-7-4-10-20-17/h3-7,10,12,14H,8-9,11H2,1-2H3. The lowest BCUT2D eigenvalue weighted by atomic mass is 9.85. The van der Waals surface area contributed by atoms with E-state index in [1.165, 1.54) is 16.7 Å². The van der Waals surface area contributed by atoms with E-state index in [9.17, 15) is 0 Å². The van der Waals surface area contributed by atoms with Gasteiger partial charge in [-0.05, 0) is 42.5 Å². The molecule has 0 saturated heterocycles. The predicted octanol–water partition coefficient (Wildman–Crippen LogP) is 3.39. The Morgan fingerprint density at radius 3 is 2.90 bits per heavy atom. The Morgan fingerprint density at radius 1 is 1.25 bits per heavy atom. The first kappa shape index (κ1) is 13.0. The lowest BCUT2D eigenvalue weighted by Gasteiger charge is -2.23. The molecule has 0 aliphatic heterocycles. The summed E-state index contributed by atoms with van der Waals surface area (Å²) in [5.74, 6) is 0.970. The number of aliphatic imine (C=N–C) groups is 1. The van der Waals surface area contributed by atoms with Crippen LogP contribution in [0.15, 0.2) is 46.0 Å². The molecule has 1 aliphatic rings. The van der Waals surface area contributed by atoms with E-state index in [-0.39, 0.29) is 0 Å². The molecule has 1 aromatic carbocycles. The van der Waals surface area contributed by atoms with Crippen LogP contribution < -0.4 is 0 Å². The minimum atomic E-state index is 0.400. The zero-order valence-corrected chi connectivity index (χ0v) is 12.0. The van der Waals surface area contributed by atoms with Crippen LogP contribution in [-0.2, 0) is 12.8 Å². The Morgan fingerprint density at radius 2 is 2.15 bits per heavy atom. The van der Waals surface area contributed by atoms with Gasteiger partial charge in [0, 0.05) is 19.7 Å². The summed E-state index contributed by atoms with van der Waals surface area (Å²) in [5, 5.41) is 0. The summed E-state index contributed by atoms with van der Waals surface area (Å²) in [7, 11) is 4.02. The van der Waals surface area contributed by atoms with Crippen LogP contribution in [0.3, 0.4) is 0 Å². The van der Waals surface area contributed by atoms with Crippen molar-refractivity contribution in [2.75, 3.05) is 14.1 Å². The molecule has 3 heteroatoms. The van der Waals surface area contributed by atoms with E-state index in [1.54, 1.807) is 6.26 Å². The lowest BCUT2D eigenvalue weighted by Crippen LogP contribution is -2.20. The summed E-state index contributed by atoms with van der Waals surface area (Å²) >= 11 is 0. The first-order valence-corrected chi connectivity index (χ1v) is 7.08. The van der Waals surface area contributed by atoms with Crippen molar-refractivity contribution in [1.82, 2.24) is 4.90 Å². The summed E-state index contributed by atoms with van der Waals surface area (Å²) in [5.41, 5.74) is 4.08. The molecule has 0 saturated carbocycles. The third kappa shape index (κ3) is 2.62. The summed E-state index contributed by atoms with van der Waals surface area (Å²) < 4.78 is 5.56. The van der Waals surface area contributed by atoms with Gasteiger partial charge in [-0.25, -0.2) is 0 Å². The molecule has 0 bridgehead atoms. The minimum Gasteiger partial charge on any atom is -0.464 e. The first-order chi connectivity index (χ1) is 9.74. The molecule has 1 unspecified atom stereocenters. The topological polar surface area (TPSA) is 28.7 Å². The molecule has 1 heterocycles. The quantitative estimate of drug-likeness (QED) is 0.630. The van der Waals surface area contributed by atoms with Crippen molar-refractivity contribution in [3.05, 3.63) is 47.7 Å². The molecule has 0 amide bonds. The number of furan rings is 1. The van der Waals surface area contributed by atoms with E-state index < -0.39 is 0 Å². The van der Waals surface area contributed by atoms with Gasteiger partial charge in [-0.1, -0.05) is 18.2 Å². The zero-order valence-electron chi connectivity index (χ0n) is 12.0. The summed E-state index contributed by atoms with van der Waals surface area (Å²) in [6.07, 6.45) is 6.86. The molecule has 1 aromatic heterocycles. The second-order valence-electron chi connectivity index (χ2n) is 5.55. The van der Waals surface area contributed by atoms with Crippen molar-refractivity contribution in [2.24, 2.45) is 4.99 Å². The molecule has 0 N–H and O–H groups in total. The van der Waals surface area contributed by atoms with E-state index in [0.717, 1.165) is 25.0 Å². The Hall–Kier alpha value is -2.03. The highest BCUT2D eigenvalue weighted by atomic mass is 16.3. The Balaban J connectivity index is 1.87. The van der Waals surface area contributed by atoms with Crippen LogP contribution in [0.2, 0.25) is 0 Å². The molecule has 0 fully saturated rings. The fraction of sp³-hybridized carbons (Fsp3) is 0.353. The van der Waals surface area contributed by atoms with Gasteiger partial charge < -0.3 is 9.32 Å². The van der Waals surface area contributed by atoms with Gasteiger partial charge in [0.2, 0.25) is 0 Å². The van der Waals surface area contributed by atoms with Crippen molar-refractivity contribution in [1.29, 1.82) is 0 Å². The number of benzene rings is 1. The van der Waals surface area contributed by atoms with Gasteiger partial charge >= 0.3 is 0 Å². The molecule has 3 nitrogen and oxygen atoms in total. The molecular formula is C17H20N2O. The lowest BCUT2D eigenvalue weighted by molar-refractivity contribution is 0.557. The average molecular weight is 268 g/mol. The third-order valence-corrected chi connectivity index (χ3v) is 3.75. The van der Waals surface area contributed by atoms with Crippen LogP contribution in [-0.4, -0.2) is 31.4 Å². The Bertz CT molecular complexity index is 599. The van der Waals surface area contributed by atoms with Crippen molar-refractivity contribution in [2.45, 2.75) is 25.3 Å². The molecule has 2 aromatic rings. The van der Waals surface area contributed by atoms with Gasteiger partial charge in [-0.2, -0.15) is 0 Å². The SMILES string of the molecule is CN(C)C=NC1CCc2c(cccc2-c2ccco2)C1. The molecule has 104 valence electrons. The molecule has 0 spiro atoms. The highest BCUT2D eigenvalue weighted by Gasteiger charge is 2.21.